The van der Waals surface area contributed by atoms with E-state index in [0.29, 0.717) is 0 Å². The number of hydrogen-bond acceptors (Lipinski definition) is 7. The Balaban J connectivity index is 1.45. The highest BCUT2D eigenvalue weighted by Gasteiger charge is 2.42. The zero-order valence-corrected chi connectivity index (χ0v) is 17.6. The van der Waals surface area contributed by atoms with Crippen molar-refractivity contribution in [2.24, 2.45) is 0 Å². The number of rotatable bonds is 6. The van der Waals surface area contributed by atoms with Gasteiger partial charge in [-0.15, -0.1) is 0 Å². The normalized spacial score (nSPS) is 21.0. The first kappa shape index (κ1) is 22.8. The molecule has 0 unspecified atom stereocenters. The maximum Gasteiger partial charge on any atom is 0.407 e. The lowest BCUT2D eigenvalue weighted by Gasteiger charge is -2.16. The van der Waals surface area contributed by atoms with Crippen LogP contribution in [-0.2, 0) is 15.9 Å². The van der Waals surface area contributed by atoms with Crippen molar-refractivity contribution in [2.75, 3.05) is 11.9 Å². The molecule has 3 aromatic rings. The Labute approximate surface area is 184 Å². The summed E-state index contributed by atoms with van der Waals surface area (Å²) in [7, 11) is 0. The van der Waals surface area contributed by atoms with Gasteiger partial charge in [0.2, 0.25) is 5.95 Å². The molecule has 10 nitrogen and oxygen atoms in total. The van der Waals surface area contributed by atoms with Gasteiger partial charge in [0.25, 0.3) is 0 Å². The average molecular weight is 471 g/mol. The van der Waals surface area contributed by atoms with Crippen molar-refractivity contribution in [2.45, 2.75) is 50.9 Å². The number of aromatic amines is 1. The predicted octanol–water partition coefficient (Wildman–Crippen LogP) is 3.21. The van der Waals surface area contributed by atoms with Crippen LogP contribution in [0.15, 0.2) is 24.5 Å². The van der Waals surface area contributed by atoms with Gasteiger partial charge in [-0.05, 0) is 19.9 Å². The molecule has 0 spiro atoms. The lowest BCUT2D eigenvalue weighted by molar-refractivity contribution is -0.127. The highest BCUT2D eigenvalue weighted by atomic mass is 19.4. The molecule has 3 atom stereocenters. The number of aromatic nitrogens is 5. The van der Waals surface area contributed by atoms with Crippen LogP contribution in [0.1, 0.15) is 31.3 Å². The van der Waals surface area contributed by atoms with Crippen molar-refractivity contribution in [3.8, 4) is 0 Å². The second-order valence-electron chi connectivity index (χ2n) is 7.80. The van der Waals surface area contributed by atoms with Gasteiger partial charge in [-0.2, -0.15) is 18.3 Å². The van der Waals surface area contributed by atoms with Gasteiger partial charge in [-0.25, -0.2) is 19.2 Å². The number of nitrogens with zero attached hydrogens (tertiary/aromatic N) is 4. The summed E-state index contributed by atoms with van der Waals surface area (Å²) >= 11 is 0. The predicted molar refractivity (Wildman–Crippen MR) is 107 cm³/mol. The average Bonchev–Trinajstić information content (AvgIpc) is 3.40. The molecule has 1 saturated heterocycles. The second kappa shape index (κ2) is 8.84. The largest absolute Gasteiger partial charge is 0.441 e. The molecule has 1 aliphatic heterocycles. The minimum atomic E-state index is -4.39. The Kier molecular flexibility index (Phi) is 6.10. The van der Waals surface area contributed by atoms with Gasteiger partial charge in [-0.1, -0.05) is 0 Å². The van der Waals surface area contributed by atoms with E-state index >= 15 is 0 Å². The molecule has 33 heavy (non-hydrogen) atoms. The zero-order valence-electron chi connectivity index (χ0n) is 17.6. The van der Waals surface area contributed by atoms with Crippen LogP contribution < -0.4 is 10.6 Å². The highest BCUT2D eigenvalue weighted by Crippen LogP contribution is 2.33. The fraction of sp³-hybridized carbons (Fsp3) is 0.474. The van der Waals surface area contributed by atoms with Crippen LogP contribution in [0.25, 0.3) is 5.65 Å². The third-order valence-electron chi connectivity index (χ3n) is 4.71. The summed E-state index contributed by atoms with van der Waals surface area (Å²) in [6.07, 6.45) is -7.44. The summed E-state index contributed by atoms with van der Waals surface area (Å²) in [6, 6.07) is 2.78. The summed E-state index contributed by atoms with van der Waals surface area (Å²) in [5.41, 5.74) is 0.398. The Morgan fingerprint density at radius 2 is 2.21 bits per heavy atom. The Bertz CT molecular complexity index is 1130. The van der Waals surface area contributed by atoms with Crippen LogP contribution in [0.4, 0.5) is 34.1 Å². The number of carbonyl (C=O) groups excluding carboxylic acids is 1. The molecule has 4 heterocycles. The minimum Gasteiger partial charge on any atom is -0.441 e. The van der Waals surface area contributed by atoms with Crippen LogP contribution in [-0.4, -0.2) is 61.8 Å². The van der Waals surface area contributed by atoms with Crippen LogP contribution >= 0.6 is 0 Å². The van der Waals surface area contributed by atoms with Gasteiger partial charge in [0.15, 0.2) is 18.1 Å². The van der Waals surface area contributed by atoms with Crippen molar-refractivity contribution in [1.29, 1.82) is 0 Å². The molecule has 0 radical (unpaired) electrons. The zero-order chi connectivity index (χ0) is 23.8. The number of imidazole rings is 1. The fourth-order valence-electron chi connectivity index (χ4n) is 3.36. The van der Waals surface area contributed by atoms with Crippen LogP contribution in [0, 0.1) is 0 Å². The lowest BCUT2D eigenvalue weighted by Crippen LogP contribution is -2.36. The Hall–Kier alpha value is -3.42. The molecule has 1 amide bonds. The quantitative estimate of drug-likeness (QED) is 0.473. The van der Waals surface area contributed by atoms with Crippen LogP contribution in [0.5, 0.6) is 0 Å². The summed E-state index contributed by atoms with van der Waals surface area (Å²) in [5, 5.41) is 12.1. The molecular weight excluding hydrogens is 450 g/mol. The smallest absolute Gasteiger partial charge is 0.407 e. The van der Waals surface area contributed by atoms with E-state index in [1.165, 1.54) is 28.9 Å². The van der Waals surface area contributed by atoms with E-state index < -0.39 is 37.1 Å². The number of fused-ring (bicyclic) bond motifs is 1. The molecule has 0 bridgehead atoms. The summed E-state index contributed by atoms with van der Waals surface area (Å²) in [5.74, 6) is 0.399. The van der Waals surface area contributed by atoms with E-state index in [4.69, 9.17) is 9.47 Å². The van der Waals surface area contributed by atoms with Gasteiger partial charge in [0.05, 0.1) is 24.4 Å². The fourth-order valence-corrected chi connectivity index (χ4v) is 3.36. The monoisotopic (exact) mass is 471 g/mol. The van der Waals surface area contributed by atoms with Gasteiger partial charge in [0, 0.05) is 24.5 Å². The maximum atomic E-state index is 14.8. The number of anilines is 2. The number of ether oxygens (including phenoxy) is 2. The van der Waals surface area contributed by atoms with Crippen molar-refractivity contribution in [1.82, 2.24) is 29.9 Å². The summed E-state index contributed by atoms with van der Waals surface area (Å²) < 4.78 is 64.7. The first-order chi connectivity index (χ1) is 15.6. The van der Waals surface area contributed by atoms with Gasteiger partial charge in [0.1, 0.15) is 11.8 Å². The molecule has 178 valence electrons. The Morgan fingerprint density at radius 3 is 2.94 bits per heavy atom. The number of nitrogens with one attached hydrogen (secondary N) is 3. The summed E-state index contributed by atoms with van der Waals surface area (Å²) in [6.45, 7) is 3.37. The van der Waals surface area contributed by atoms with Crippen molar-refractivity contribution < 1.29 is 31.8 Å². The summed E-state index contributed by atoms with van der Waals surface area (Å²) in [4.78, 5) is 19.8. The molecular formula is C19H21F4N7O3. The number of hydrogen-bond donors (Lipinski definition) is 3. The minimum absolute atomic E-state index is 0.128. The SMILES string of the molecule is CC(C)NC(=O)O[C@H]1CO[C@@H](c2cc(Nc3nccc4nc(CC(F)(F)F)cn34)n[nH]2)[C@H]1F. The molecule has 1 fully saturated rings. The maximum absolute atomic E-state index is 14.8. The van der Waals surface area contributed by atoms with E-state index in [1.807, 2.05) is 0 Å². The first-order valence-electron chi connectivity index (χ1n) is 10.0. The molecule has 0 aliphatic carbocycles. The van der Waals surface area contributed by atoms with Crippen LogP contribution in [0.3, 0.4) is 0 Å². The molecule has 0 saturated carbocycles. The van der Waals surface area contributed by atoms with Crippen molar-refractivity contribution in [3.05, 3.63) is 35.9 Å². The lowest BCUT2D eigenvalue weighted by atomic mass is 10.1. The number of amides is 1. The molecule has 0 aromatic carbocycles. The number of H-pyrrole nitrogens is 1. The molecule has 4 rings (SSSR count). The van der Waals surface area contributed by atoms with Crippen molar-refractivity contribution >= 4 is 23.5 Å². The number of alkyl carbamates (subject to hydrolysis) is 1. The van der Waals surface area contributed by atoms with E-state index in [2.05, 4.69) is 30.8 Å². The van der Waals surface area contributed by atoms with E-state index in [1.54, 1.807) is 13.8 Å². The number of carbonyl (C=O) groups is 1. The molecule has 1 aliphatic rings. The standard InChI is InChI=1S/C19H21F4N7O3/c1-9(2)25-18(31)33-12-8-32-16(15(12)20)11-5-13(29-28-11)27-17-24-4-3-14-26-10(7-30(14)17)6-19(21,22)23/h3-5,7,9,12,15-16H,6,8H2,1-2H3,(H,25,31)(H2,24,27,28,29)/t12-,15-,16-/m0/s1. The molecule has 14 heteroatoms. The van der Waals surface area contributed by atoms with E-state index in [0.717, 1.165) is 0 Å². The van der Waals surface area contributed by atoms with Gasteiger partial charge in [-0.3, -0.25) is 9.50 Å². The highest BCUT2D eigenvalue weighted by molar-refractivity contribution is 5.67. The first-order valence-corrected chi connectivity index (χ1v) is 10.0. The second-order valence-corrected chi connectivity index (χ2v) is 7.80. The topological polar surface area (TPSA) is 118 Å². The third kappa shape index (κ3) is 5.32. The van der Waals surface area contributed by atoms with E-state index in [9.17, 15) is 22.4 Å². The third-order valence-corrected chi connectivity index (χ3v) is 4.71. The van der Waals surface area contributed by atoms with Crippen molar-refractivity contribution in [3.63, 3.8) is 0 Å². The van der Waals surface area contributed by atoms with E-state index in [-0.39, 0.29) is 41.4 Å². The van der Waals surface area contributed by atoms with Crippen LogP contribution in [0.2, 0.25) is 0 Å². The van der Waals surface area contributed by atoms with Gasteiger partial charge < -0.3 is 20.1 Å². The number of alkyl halides is 4. The molecule has 3 N–H and O–H groups in total. The number of halogens is 4. The Morgan fingerprint density at radius 1 is 1.42 bits per heavy atom. The molecule has 3 aromatic heterocycles. The van der Waals surface area contributed by atoms with Gasteiger partial charge >= 0.3 is 12.3 Å².